The fraction of sp³-hybridized carbons (Fsp3) is 0.0435. The van der Waals surface area contributed by atoms with Gasteiger partial charge >= 0.3 is 0 Å². The number of hydrogen-bond donors (Lipinski definition) is 1. The highest BCUT2D eigenvalue weighted by atomic mass is 14.7. The second-order valence-electron chi connectivity index (χ2n) is 5.77. The monoisotopic (exact) mass is 307 g/mol. The molecule has 0 fully saturated rings. The van der Waals surface area contributed by atoms with Crippen LogP contribution in [-0.4, -0.2) is 4.98 Å². The molecule has 1 aromatic heterocycles. The Bertz CT molecular complexity index is 1000. The van der Waals surface area contributed by atoms with Gasteiger partial charge in [0.2, 0.25) is 0 Å². The number of fused-ring (bicyclic) bond motifs is 1. The van der Waals surface area contributed by atoms with Crippen molar-refractivity contribution in [2.45, 2.75) is 5.92 Å². The van der Waals surface area contributed by atoms with Crippen molar-refractivity contribution in [3.63, 3.8) is 0 Å². The molecule has 0 aliphatic heterocycles. The summed E-state index contributed by atoms with van der Waals surface area (Å²) in [5.41, 5.74) is 4.62. The average Bonchev–Trinajstić information content (AvgIpc) is 3.08. The Morgan fingerprint density at radius 2 is 1.38 bits per heavy atom. The lowest BCUT2D eigenvalue weighted by Gasteiger charge is -2.10. The van der Waals surface area contributed by atoms with Crippen LogP contribution in [0.15, 0.2) is 91.1 Å². The SMILES string of the molecule is C(#C[C@H](c1ccccc1)c1c[nH]c2ccccc12)c1ccccc1. The lowest BCUT2D eigenvalue weighted by molar-refractivity contribution is 1.08. The molecule has 1 heteroatoms. The Morgan fingerprint density at radius 3 is 2.17 bits per heavy atom. The van der Waals surface area contributed by atoms with Gasteiger partial charge in [-0.15, -0.1) is 0 Å². The fourth-order valence-electron chi connectivity index (χ4n) is 3.00. The maximum Gasteiger partial charge on any atom is 0.0726 e. The van der Waals surface area contributed by atoms with Crippen molar-refractivity contribution in [1.29, 1.82) is 0 Å². The summed E-state index contributed by atoms with van der Waals surface area (Å²) < 4.78 is 0. The largest absolute Gasteiger partial charge is 0.361 e. The standard InChI is InChI=1S/C23H17N/c1-3-9-18(10-4-1)15-16-20(19-11-5-2-6-12-19)22-17-24-23-14-8-7-13-21(22)23/h1-14,17,20,24H/t20-/m1/s1. The van der Waals surface area contributed by atoms with Crippen LogP contribution in [0.25, 0.3) is 10.9 Å². The summed E-state index contributed by atoms with van der Waals surface area (Å²) in [6.07, 6.45) is 2.09. The van der Waals surface area contributed by atoms with Crippen LogP contribution in [0.3, 0.4) is 0 Å². The molecular formula is C23H17N. The lowest BCUT2D eigenvalue weighted by Crippen LogP contribution is -1.97. The number of hydrogen-bond acceptors (Lipinski definition) is 0. The minimum atomic E-state index is 0.0440. The predicted octanol–water partition coefficient (Wildman–Crippen LogP) is 5.35. The van der Waals surface area contributed by atoms with Gasteiger partial charge in [-0.05, 0) is 29.3 Å². The molecule has 4 rings (SSSR count). The van der Waals surface area contributed by atoms with Crippen molar-refractivity contribution < 1.29 is 0 Å². The molecule has 0 radical (unpaired) electrons. The molecule has 3 aromatic carbocycles. The van der Waals surface area contributed by atoms with Crippen molar-refractivity contribution in [3.05, 3.63) is 108 Å². The Balaban J connectivity index is 1.84. The highest BCUT2D eigenvalue weighted by Crippen LogP contribution is 2.30. The topological polar surface area (TPSA) is 15.8 Å². The fourth-order valence-corrected chi connectivity index (χ4v) is 3.00. The van der Waals surface area contributed by atoms with E-state index in [1.165, 1.54) is 16.5 Å². The summed E-state index contributed by atoms with van der Waals surface area (Å²) in [5, 5.41) is 1.23. The molecule has 4 aromatic rings. The Kier molecular flexibility index (Phi) is 3.88. The highest BCUT2D eigenvalue weighted by Gasteiger charge is 2.15. The summed E-state index contributed by atoms with van der Waals surface area (Å²) in [6.45, 7) is 0. The molecule has 1 nitrogen and oxygen atoms in total. The van der Waals surface area contributed by atoms with E-state index in [1.807, 2.05) is 36.4 Å². The first-order chi connectivity index (χ1) is 11.9. The Hall–Kier alpha value is -3.24. The van der Waals surface area contributed by atoms with E-state index >= 15 is 0 Å². The maximum absolute atomic E-state index is 3.48. The van der Waals surface area contributed by atoms with E-state index in [2.05, 4.69) is 71.6 Å². The molecule has 1 atom stereocenters. The first kappa shape index (κ1) is 14.4. The van der Waals surface area contributed by atoms with E-state index in [0.717, 1.165) is 11.1 Å². The third-order valence-electron chi connectivity index (χ3n) is 4.20. The predicted molar refractivity (Wildman–Crippen MR) is 99.9 cm³/mol. The Labute approximate surface area is 142 Å². The molecule has 0 spiro atoms. The summed E-state index contributed by atoms with van der Waals surface area (Å²) in [6, 6.07) is 29.0. The van der Waals surface area contributed by atoms with Gasteiger partial charge in [0.15, 0.2) is 0 Å². The van der Waals surface area contributed by atoms with E-state index in [4.69, 9.17) is 0 Å². The molecule has 24 heavy (non-hydrogen) atoms. The van der Waals surface area contributed by atoms with E-state index in [-0.39, 0.29) is 5.92 Å². The van der Waals surface area contributed by atoms with Crippen molar-refractivity contribution in [2.24, 2.45) is 0 Å². The van der Waals surface area contributed by atoms with Crippen molar-refractivity contribution in [1.82, 2.24) is 4.98 Å². The number of rotatable bonds is 2. The molecule has 0 saturated heterocycles. The van der Waals surface area contributed by atoms with Gasteiger partial charge in [0.25, 0.3) is 0 Å². The highest BCUT2D eigenvalue weighted by molar-refractivity contribution is 5.84. The van der Waals surface area contributed by atoms with Crippen LogP contribution in [0.1, 0.15) is 22.6 Å². The molecule has 0 bridgehead atoms. The van der Waals surface area contributed by atoms with Crippen LogP contribution < -0.4 is 0 Å². The molecule has 1 heterocycles. The number of aromatic nitrogens is 1. The molecule has 0 unspecified atom stereocenters. The third kappa shape index (κ3) is 2.83. The zero-order valence-electron chi connectivity index (χ0n) is 13.2. The van der Waals surface area contributed by atoms with Gasteiger partial charge in [-0.2, -0.15) is 0 Å². The molecule has 114 valence electrons. The van der Waals surface area contributed by atoms with Crippen molar-refractivity contribution in [3.8, 4) is 11.8 Å². The second kappa shape index (κ2) is 6.48. The number of aromatic amines is 1. The van der Waals surface area contributed by atoms with Gasteiger partial charge in [-0.1, -0.05) is 78.6 Å². The number of nitrogens with one attached hydrogen (secondary N) is 1. The van der Waals surface area contributed by atoms with Crippen molar-refractivity contribution >= 4 is 10.9 Å². The van der Waals surface area contributed by atoms with Crippen LogP contribution in [0.5, 0.6) is 0 Å². The van der Waals surface area contributed by atoms with Gasteiger partial charge in [-0.3, -0.25) is 0 Å². The summed E-state index contributed by atoms with van der Waals surface area (Å²) in [5.74, 6) is 6.85. The molecule has 1 N–H and O–H groups in total. The van der Waals surface area contributed by atoms with Crippen LogP contribution >= 0.6 is 0 Å². The van der Waals surface area contributed by atoms with E-state index in [1.54, 1.807) is 0 Å². The number of benzene rings is 3. The van der Waals surface area contributed by atoms with Crippen LogP contribution in [0.2, 0.25) is 0 Å². The van der Waals surface area contributed by atoms with Crippen molar-refractivity contribution in [2.75, 3.05) is 0 Å². The van der Waals surface area contributed by atoms with Gasteiger partial charge in [0, 0.05) is 22.7 Å². The van der Waals surface area contributed by atoms with Crippen LogP contribution in [0.4, 0.5) is 0 Å². The molecule has 0 amide bonds. The Morgan fingerprint density at radius 1 is 0.708 bits per heavy atom. The lowest BCUT2D eigenvalue weighted by atomic mass is 9.91. The third-order valence-corrected chi connectivity index (χ3v) is 4.20. The van der Waals surface area contributed by atoms with Gasteiger partial charge in [-0.25, -0.2) is 0 Å². The minimum absolute atomic E-state index is 0.0440. The molecule has 0 aliphatic rings. The minimum Gasteiger partial charge on any atom is -0.361 e. The zero-order valence-corrected chi connectivity index (χ0v) is 13.2. The van der Waals surface area contributed by atoms with Gasteiger partial charge < -0.3 is 4.98 Å². The summed E-state index contributed by atoms with van der Waals surface area (Å²) >= 11 is 0. The van der Waals surface area contributed by atoms with Crippen LogP contribution in [-0.2, 0) is 0 Å². The summed E-state index contributed by atoms with van der Waals surface area (Å²) in [7, 11) is 0. The van der Waals surface area contributed by atoms with E-state index in [9.17, 15) is 0 Å². The first-order valence-corrected chi connectivity index (χ1v) is 8.09. The van der Waals surface area contributed by atoms with E-state index < -0.39 is 0 Å². The zero-order chi connectivity index (χ0) is 16.2. The van der Waals surface area contributed by atoms with Gasteiger partial charge in [0.1, 0.15) is 0 Å². The second-order valence-corrected chi connectivity index (χ2v) is 5.77. The van der Waals surface area contributed by atoms with E-state index in [0.29, 0.717) is 0 Å². The summed E-state index contributed by atoms with van der Waals surface area (Å²) in [4.78, 5) is 3.37. The average molecular weight is 307 g/mol. The smallest absolute Gasteiger partial charge is 0.0726 e. The van der Waals surface area contributed by atoms with Gasteiger partial charge in [0.05, 0.1) is 5.92 Å². The number of H-pyrrole nitrogens is 1. The number of para-hydroxylation sites is 1. The molecule has 0 aliphatic carbocycles. The first-order valence-electron chi connectivity index (χ1n) is 8.09. The normalized spacial score (nSPS) is 11.7. The molecule has 0 saturated carbocycles. The van der Waals surface area contributed by atoms with Crippen LogP contribution in [0, 0.1) is 11.8 Å². The maximum atomic E-state index is 3.48. The quantitative estimate of drug-likeness (QED) is 0.480. The molecular weight excluding hydrogens is 290 g/mol.